The number of sulfone groups is 1. The van der Waals surface area contributed by atoms with E-state index in [0.29, 0.717) is 17.9 Å². The Morgan fingerprint density at radius 3 is 2.31 bits per heavy atom. The minimum atomic E-state index is -4.71. The number of benzene rings is 1. The molecular weight excluding hydrogens is 417 g/mol. The summed E-state index contributed by atoms with van der Waals surface area (Å²) >= 11 is 0. The lowest BCUT2D eigenvalue weighted by atomic mass is 10.0. The summed E-state index contributed by atoms with van der Waals surface area (Å²) in [6.07, 6.45) is -1.14. The fourth-order valence-corrected chi connectivity index (χ4v) is 3.30. The van der Waals surface area contributed by atoms with Gasteiger partial charge in [-0.25, -0.2) is 8.42 Å². The van der Waals surface area contributed by atoms with Gasteiger partial charge in [-0.1, -0.05) is 5.16 Å². The average molecular weight is 434 g/mol. The molecular formula is C17H17F3N2O6S. The van der Waals surface area contributed by atoms with Crippen LogP contribution in [0.5, 0.6) is 0 Å². The lowest BCUT2D eigenvalue weighted by molar-refractivity contribution is -0.138. The third kappa shape index (κ3) is 5.64. The molecule has 2 aromatic rings. The van der Waals surface area contributed by atoms with Crippen molar-refractivity contribution >= 4 is 21.6 Å². The quantitative estimate of drug-likeness (QED) is 0.683. The standard InChI is InChI=1S/C15H12F3NO4S.C2H5NO2/c1-24(21,22)12-6-9(15(16,17)18)4-5-10(12)13(20)11-7-19-23-14(11)8-2-3-8;3-1-2(4)5/h4-8H,2-3H2,1H3;1,3H2,(H,4,5). The monoisotopic (exact) mass is 434 g/mol. The average Bonchev–Trinajstić information content (AvgIpc) is 3.36. The van der Waals surface area contributed by atoms with Crippen LogP contribution in [-0.4, -0.2) is 43.2 Å². The van der Waals surface area contributed by atoms with Crippen LogP contribution in [0.4, 0.5) is 13.2 Å². The smallest absolute Gasteiger partial charge is 0.416 e. The maximum Gasteiger partial charge on any atom is 0.416 e. The van der Waals surface area contributed by atoms with Crippen molar-refractivity contribution in [1.29, 1.82) is 0 Å². The summed E-state index contributed by atoms with van der Waals surface area (Å²) in [5.74, 6) is -1.29. The topological polar surface area (TPSA) is 141 Å². The number of nitrogens with two attached hydrogens (primary N) is 1. The third-order valence-electron chi connectivity index (χ3n) is 3.92. The SMILES string of the molecule is CS(=O)(=O)c1cc(C(F)(F)F)ccc1C(=O)c1cnoc1C1CC1.NCC(=O)O. The number of carbonyl (C=O) groups is 2. The number of carboxylic acids is 1. The number of ketones is 1. The number of alkyl halides is 3. The van der Waals surface area contributed by atoms with E-state index < -0.39 is 38.2 Å². The fourth-order valence-electron chi connectivity index (χ4n) is 2.40. The van der Waals surface area contributed by atoms with Gasteiger partial charge in [-0.3, -0.25) is 9.59 Å². The summed E-state index contributed by atoms with van der Waals surface area (Å²) in [5, 5.41) is 11.2. The van der Waals surface area contributed by atoms with Gasteiger partial charge in [-0.15, -0.1) is 0 Å². The number of carboxylic acid groups (broad SMARTS) is 1. The van der Waals surface area contributed by atoms with Gasteiger partial charge >= 0.3 is 12.1 Å². The van der Waals surface area contributed by atoms with Crippen molar-refractivity contribution in [2.75, 3.05) is 12.8 Å². The maximum atomic E-state index is 12.8. The van der Waals surface area contributed by atoms with E-state index >= 15 is 0 Å². The van der Waals surface area contributed by atoms with E-state index in [4.69, 9.17) is 9.63 Å². The van der Waals surface area contributed by atoms with Crippen LogP contribution in [0, 0.1) is 0 Å². The number of nitrogens with zero attached hydrogens (tertiary/aromatic N) is 1. The molecule has 1 aromatic carbocycles. The first kappa shape index (κ1) is 22.6. The Bertz CT molecular complexity index is 1030. The Morgan fingerprint density at radius 1 is 1.28 bits per heavy atom. The molecule has 0 aliphatic heterocycles. The summed E-state index contributed by atoms with van der Waals surface area (Å²) in [4.78, 5) is 21.2. The highest BCUT2D eigenvalue weighted by atomic mass is 32.2. The van der Waals surface area contributed by atoms with Crippen LogP contribution in [-0.2, 0) is 20.8 Å². The van der Waals surface area contributed by atoms with Gasteiger partial charge in [-0.05, 0) is 31.0 Å². The first-order valence-electron chi connectivity index (χ1n) is 8.18. The van der Waals surface area contributed by atoms with Crippen molar-refractivity contribution in [2.24, 2.45) is 5.73 Å². The molecule has 0 amide bonds. The largest absolute Gasteiger partial charge is 0.480 e. The number of hydrogen-bond donors (Lipinski definition) is 2. The Balaban J connectivity index is 0.000000537. The molecule has 1 aromatic heterocycles. The van der Waals surface area contributed by atoms with Crippen molar-refractivity contribution in [3.8, 4) is 0 Å². The van der Waals surface area contributed by atoms with E-state index in [2.05, 4.69) is 10.9 Å². The lowest BCUT2D eigenvalue weighted by Gasteiger charge is -2.11. The first-order valence-corrected chi connectivity index (χ1v) is 10.1. The molecule has 3 rings (SSSR count). The minimum Gasteiger partial charge on any atom is -0.480 e. The molecule has 1 aliphatic rings. The molecule has 0 spiro atoms. The molecule has 0 bridgehead atoms. The lowest BCUT2D eigenvalue weighted by Crippen LogP contribution is -2.13. The van der Waals surface area contributed by atoms with E-state index in [-0.39, 0.29) is 23.6 Å². The summed E-state index contributed by atoms with van der Waals surface area (Å²) in [7, 11) is -4.04. The second-order valence-electron chi connectivity index (χ2n) is 6.29. The van der Waals surface area contributed by atoms with E-state index in [9.17, 15) is 31.2 Å². The highest BCUT2D eigenvalue weighted by molar-refractivity contribution is 7.90. The summed E-state index contributed by atoms with van der Waals surface area (Å²) in [6.45, 7) is -0.278. The third-order valence-corrected chi connectivity index (χ3v) is 5.06. The number of aromatic nitrogens is 1. The Kier molecular flexibility index (Phi) is 6.48. The van der Waals surface area contributed by atoms with Gasteiger partial charge in [0.2, 0.25) is 0 Å². The zero-order chi connectivity index (χ0) is 22.0. The molecule has 1 saturated carbocycles. The van der Waals surface area contributed by atoms with Crippen molar-refractivity contribution < 1.29 is 40.8 Å². The van der Waals surface area contributed by atoms with Gasteiger partial charge in [-0.2, -0.15) is 13.2 Å². The maximum absolute atomic E-state index is 12.8. The van der Waals surface area contributed by atoms with Gasteiger partial charge in [0.05, 0.1) is 28.8 Å². The molecule has 0 unspecified atom stereocenters. The van der Waals surface area contributed by atoms with Crippen molar-refractivity contribution in [3.63, 3.8) is 0 Å². The number of carbonyl (C=O) groups excluding carboxylic acids is 1. The number of halogens is 3. The molecule has 12 heteroatoms. The highest BCUT2D eigenvalue weighted by Crippen LogP contribution is 2.42. The molecule has 0 atom stereocenters. The van der Waals surface area contributed by atoms with Crippen LogP contribution in [0.1, 0.15) is 46.0 Å². The van der Waals surface area contributed by atoms with Crippen molar-refractivity contribution in [2.45, 2.75) is 29.8 Å². The van der Waals surface area contributed by atoms with Crippen LogP contribution < -0.4 is 5.73 Å². The molecule has 1 heterocycles. The van der Waals surface area contributed by atoms with Crippen LogP contribution in [0.3, 0.4) is 0 Å². The fraction of sp³-hybridized carbons (Fsp3) is 0.353. The van der Waals surface area contributed by atoms with Crippen LogP contribution in [0.25, 0.3) is 0 Å². The van der Waals surface area contributed by atoms with E-state index in [0.717, 1.165) is 25.2 Å². The Hall–Kier alpha value is -2.73. The molecule has 29 heavy (non-hydrogen) atoms. The predicted molar refractivity (Wildman–Crippen MR) is 93.2 cm³/mol. The second-order valence-corrected chi connectivity index (χ2v) is 8.27. The van der Waals surface area contributed by atoms with E-state index in [1.807, 2.05) is 0 Å². The molecule has 158 valence electrons. The van der Waals surface area contributed by atoms with Gasteiger partial charge in [0.1, 0.15) is 0 Å². The van der Waals surface area contributed by atoms with Crippen LogP contribution in [0.2, 0.25) is 0 Å². The van der Waals surface area contributed by atoms with Crippen LogP contribution in [0.15, 0.2) is 33.8 Å². The second kappa shape index (κ2) is 8.33. The summed E-state index contributed by atoms with van der Waals surface area (Å²) < 4.78 is 67.3. The normalized spacial score (nSPS) is 14.1. The van der Waals surface area contributed by atoms with E-state index in [1.165, 1.54) is 6.20 Å². The molecule has 1 aliphatic carbocycles. The highest BCUT2D eigenvalue weighted by Gasteiger charge is 2.36. The molecule has 3 N–H and O–H groups in total. The van der Waals surface area contributed by atoms with Crippen LogP contribution >= 0.6 is 0 Å². The van der Waals surface area contributed by atoms with E-state index in [1.54, 1.807) is 0 Å². The van der Waals surface area contributed by atoms with Gasteiger partial charge in [0.15, 0.2) is 21.4 Å². The summed E-state index contributed by atoms with van der Waals surface area (Å²) in [5.41, 5.74) is 3.20. The zero-order valence-electron chi connectivity index (χ0n) is 15.1. The molecule has 0 saturated heterocycles. The Labute approximate surface area is 163 Å². The predicted octanol–water partition coefficient (Wildman–Crippen LogP) is 2.23. The van der Waals surface area contributed by atoms with Crippen molar-refractivity contribution in [3.05, 3.63) is 46.8 Å². The first-order chi connectivity index (χ1) is 13.4. The number of aliphatic carboxylic acids is 1. The van der Waals surface area contributed by atoms with Crippen molar-refractivity contribution in [1.82, 2.24) is 5.16 Å². The van der Waals surface area contributed by atoms with Gasteiger partial charge in [0, 0.05) is 17.7 Å². The Morgan fingerprint density at radius 2 is 1.86 bits per heavy atom. The molecule has 0 radical (unpaired) electrons. The summed E-state index contributed by atoms with van der Waals surface area (Å²) in [6, 6.07) is 2.05. The molecule has 8 nitrogen and oxygen atoms in total. The number of rotatable bonds is 5. The molecule has 1 fully saturated rings. The number of hydrogen-bond acceptors (Lipinski definition) is 7. The minimum absolute atomic E-state index is 0.0441. The van der Waals surface area contributed by atoms with Gasteiger partial charge < -0.3 is 15.4 Å². The zero-order valence-corrected chi connectivity index (χ0v) is 15.9. The van der Waals surface area contributed by atoms with Gasteiger partial charge in [0.25, 0.3) is 0 Å².